The molecule has 0 amide bonds. The van der Waals surface area contributed by atoms with Crippen molar-refractivity contribution in [2.24, 2.45) is 0 Å². The van der Waals surface area contributed by atoms with Crippen molar-refractivity contribution < 1.29 is 9.53 Å². The van der Waals surface area contributed by atoms with Gasteiger partial charge < -0.3 is 4.74 Å². The fraction of sp³-hybridized carbons (Fsp3) is 0.688. The van der Waals surface area contributed by atoms with Gasteiger partial charge in [0, 0.05) is 14.2 Å². The van der Waals surface area contributed by atoms with Gasteiger partial charge in [-0.1, -0.05) is 12.8 Å². The molecule has 3 nitrogen and oxygen atoms in total. The molecule has 21 heavy (non-hydrogen) atoms. The monoisotopic (exact) mass is 373 g/mol. The van der Waals surface area contributed by atoms with E-state index < -0.39 is 0 Å². The number of thiophene rings is 1. The van der Waals surface area contributed by atoms with Crippen LogP contribution in [0.4, 0.5) is 0 Å². The number of ether oxygens (including phenoxy) is 1. The van der Waals surface area contributed by atoms with Crippen molar-refractivity contribution in [1.29, 1.82) is 0 Å². The SMILES string of the molecule is CCOC(=O)CC(c1cc(Br)c(C)s1)N1CCCCCC1. The molecular formula is C16H24BrNO2S. The molecule has 1 aromatic heterocycles. The molecule has 1 aliphatic rings. The van der Waals surface area contributed by atoms with Crippen molar-refractivity contribution in [3.63, 3.8) is 0 Å². The van der Waals surface area contributed by atoms with Crippen molar-refractivity contribution in [3.05, 3.63) is 20.3 Å². The number of likely N-dealkylation sites (tertiary alicyclic amines) is 1. The summed E-state index contributed by atoms with van der Waals surface area (Å²) in [5.74, 6) is -0.0890. The Morgan fingerprint density at radius 1 is 1.38 bits per heavy atom. The lowest BCUT2D eigenvalue weighted by atomic mass is 10.1. The number of aryl methyl sites for hydroxylation is 1. The van der Waals surface area contributed by atoms with Crippen LogP contribution in [-0.2, 0) is 9.53 Å². The molecule has 1 saturated heterocycles. The molecule has 1 fully saturated rings. The van der Waals surface area contributed by atoms with E-state index in [9.17, 15) is 4.79 Å². The summed E-state index contributed by atoms with van der Waals surface area (Å²) in [4.78, 5) is 17.0. The molecule has 118 valence electrons. The fourth-order valence-electron chi connectivity index (χ4n) is 2.84. The lowest BCUT2D eigenvalue weighted by molar-refractivity contribution is -0.144. The van der Waals surface area contributed by atoms with Gasteiger partial charge in [0.2, 0.25) is 0 Å². The molecule has 1 atom stereocenters. The topological polar surface area (TPSA) is 29.5 Å². The molecule has 1 unspecified atom stereocenters. The zero-order chi connectivity index (χ0) is 15.2. The van der Waals surface area contributed by atoms with Gasteiger partial charge in [-0.25, -0.2) is 0 Å². The summed E-state index contributed by atoms with van der Waals surface area (Å²) in [6.07, 6.45) is 5.52. The summed E-state index contributed by atoms with van der Waals surface area (Å²) in [6, 6.07) is 2.34. The van der Waals surface area contributed by atoms with Crippen molar-refractivity contribution >= 4 is 33.2 Å². The number of carbonyl (C=O) groups excluding carboxylic acids is 1. The highest BCUT2D eigenvalue weighted by Gasteiger charge is 2.26. The van der Waals surface area contributed by atoms with Gasteiger partial charge in [-0.05, 0) is 61.8 Å². The van der Waals surface area contributed by atoms with Crippen molar-refractivity contribution in [1.82, 2.24) is 4.90 Å². The molecule has 0 bridgehead atoms. The maximum absolute atomic E-state index is 12.0. The molecule has 0 aromatic carbocycles. The third kappa shape index (κ3) is 4.80. The van der Waals surface area contributed by atoms with E-state index in [0.717, 1.165) is 17.6 Å². The Bertz CT molecular complexity index is 447. The van der Waals surface area contributed by atoms with Crippen molar-refractivity contribution in [2.45, 2.75) is 52.0 Å². The number of esters is 1. The van der Waals surface area contributed by atoms with Gasteiger partial charge in [-0.2, -0.15) is 0 Å². The van der Waals surface area contributed by atoms with Crippen LogP contribution in [0.2, 0.25) is 0 Å². The third-order valence-electron chi connectivity index (χ3n) is 3.95. The summed E-state index contributed by atoms with van der Waals surface area (Å²) >= 11 is 5.38. The molecule has 1 aliphatic heterocycles. The lowest BCUT2D eigenvalue weighted by Gasteiger charge is -2.29. The molecule has 5 heteroatoms. The third-order valence-corrected chi connectivity index (χ3v) is 6.19. The quantitative estimate of drug-likeness (QED) is 0.701. The van der Waals surface area contributed by atoms with Gasteiger partial charge in [0.25, 0.3) is 0 Å². The highest BCUT2D eigenvalue weighted by Crippen LogP contribution is 2.36. The summed E-state index contributed by atoms with van der Waals surface area (Å²) in [5.41, 5.74) is 0. The number of nitrogens with zero attached hydrogens (tertiary/aromatic N) is 1. The van der Waals surface area contributed by atoms with Gasteiger partial charge >= 0.3 is 5.97 Å². The molecule has 0 N–H and O–H groups in total. The molecular weight excluding hydrogens is 350 g/mol. The molecule has 2 heterocycles. The molecule has 1 aromatic rings. The van der Waals surface area contributed by atoms with E-state index in [2.05, 4.69) is 33.8 Å². The number of carbonyl (C=O) groups is 1. The summed E-state index contributed by atoms with van der Waals surface area (Å²) < 4.78 is 6.32. The van der Waals surface area contributed by atoms with Gasteiger partial charge in [0.05, 0.1) is 19.1 Å². The molecule has 2 rings (SSSR count). The zero-order valence-electron chi connectivity index (χ0n) is 12.9. The number of hydrogen-bond donors (Lipinski definition) is 0. The number of rotatable bonds is 5. The minimum absolute atomic E-state index is 0.0890. The van der Waals surface area contributed by atoms with E-state index in [-0.39, 0.29) is 12.0 Å². The summed E-state index contributed by atoms with van der Waals surface area (Å²) in [5, 5.41) is 0. The highest BCUT2D eigenvalue weighted by molar-refractivity contribution is 9.10. The van der Waals surface area contributed by atoms with E-state index in [4.69, 9.17) is 4.74 Å². The Labute approximate surface area is 139 Å². The first-order valence-corrected chi connectivity index (χ1v) is 9.38. The highest BCUT2D eigenvalue weighted by atomic mass is 79.9. The lowest BCUT2D eigenvalue weighted by Crippen LogP contribution is -2.31. The Morgan fingerprint density at radius 3 is 2.57 bits per heavy atom. The van der Waals surface area contributed by atoms with Crippen molar-refractivity contribution in [2.75, 3.05) is 19.7 Å². The maximum Gasteiger partial charge on any atom is 0.307 e. The van der Waals surface area contributed by atoms with Crippen LogP contribution in [-0.4, -0.2) is 30.6 Å². The van der Waals surface area contributed by atoms with Crippen molar-refractivity contribution in [3.8, 4) is 0 Å². The molecule has 0 spiro atoms. The Kier molecular flexibility index (Phi) is 6.71. The Balaban J connectivity index is 2.17. The second kappa shape index (κ2) is 8.30. The van der Waals surface area contributed by atoms with Crippen LogP contribution >= 0.6 is 27.3 Å². The van der Waals surface area contributed by atoms with Gasteiger partial charge in [0.15, 0.2) is 0 Å². The standard InChI is InChI=1S/C16H24BrNO2S/c1-3-20-16(19)11-14(15-10-13(17)12(2)21-15)18-8-6-4-5-7-9-18/h10,14H,3-9,11H2,1-2H3. The second-order valence-corrected chi connectivity index (χ2v) is 7.67. The first-order valence-electron chi connectivity index (χ1n) is 7.77. The minimum atomic E-state index is -0.0890. The van der Waals surface area contributed by atoms with Crippen LogP contribution in [0.1, 0.15) is 54.8 Å². The average molecular weight is 374 g/mol. The Morgan fingerprint density at radius 2 is 2.05 bits per heavy atom. The molecule has 0 aliphatic carbocycles. The zero-order valence-corrected chi connectivity index (χ0v) is 15.3. The van der Waals surface area contributed by atoms with E-state index in [1.807, 2.05) is 6.92 Å². The van der Waals surface area contributed by atoms with Gasteiger partial charge in [0.1, 0.15) is 0 Å². The van der Waals surface area contributed by atoms with Crippen LogP contribution < -0.4 is 0 Å². The van der Waals surface area contributed by atoms with Crippen LogP contribution in [0.5, 0.6) is 0 Å². The van der Waals surface area contributed by atoms with Crippen LogP contribution in [0, 0.1) is 6.92 Å². The normalized spacial score (nSPS) is 18.2. The molecule has 0 saturated carbocycles. The average Bonchev–Trinajstić information content (AvgIpc) is 2.68. The summed E-state index contributed by atoms with van der Waals surface area (Å²) in [7, 11) is 0. The van der Waals surface area contributed by atoms with Gasteiger partial charge in [-0.3, -0.25) is 9.69 Å². The largest absolute Gasteiger partial charge is 0.466 e. The second-order valence-electron chi connectivity index (χ2n) is 5.53. The van der Waals surface area contributed by atoms with E-state index in [0.29, 0.717) is 13.0 Å². The van der Waals surface area contributed by atoms with Gasteiger partial charge in [-0.15, -0.1) is 11.3 Å². The van der Waals surface area contributed by atoms with E-state index in [1.54, 1.807) is 11.3 Å². The summed E-state index contributed by atoms with van der Waals surface area (Å²) in [6.45, 7) is 6.60. The first-order chi connectivity index (χ1) is 10.1. The predicted molar refractivity (Wildman–Crippen MR) is 90.8 cm³/mol. The molecule has 0 radical (unpaired) electrons. The fourth-order valence-corrected chi connectivity index (χ4v) is 4.54. The van der Waals surface area contributed by atoms with E-state index >= 15 is 0 Å². The number of halogens is 1. The Hall–Kier alpha value is -0.390. The minimum Gasteiger partial charge on any atom is -0.466 e. The van der Waals surface area contributed by atoms with Crippen LogP contribution in [0.25, 0.3) is 0 Å². The smallest absolute Gasteiger partial charge is 0.307 e. The van der Waals surface area contributed by atoms with E-state index in [1.165, 1.54) is 35.4 Å². The first kappa shape index (κ1) is 17.0. The predicted octanol–water partition coefficient (Wildman–Crippen LogP) is 4.69. The number of hydrogen-bond acceptors (Lipinski definition) is 4. The maximum atomic E-state index is 12.0. The van der Waals surface area contributed by atoms with Crippen LogP contribution in [0.3, 0.4) is 0 Å². The van der Waals surface area contributed by atoms with Crippen LogP contribution in [0.15, 0.2) is 10.5 Å².